The number of carboxylic acid groups (broad SMARTS) is 1. The van der Waals surface area contributed by atoms with Gasteiger partial charge in [0.15, 0.2) is 0 Å². The van der Waals surface area contributed by atoms with Gasteiger partial charge in [0.2, 0.25) is 5.91 Å². The van der Waals surface area contributed by atoms with E-state index in [-0.39, 0.29) is 17.9 Å². The lowest BCUT2D eigenvalue weighted by atomic mass is 10.0. The molecule has 0 fully saturated rings. The van der Waals surface area contributed by atoms with E-state index in [4.69, 9.17) is 5.11 Å². The monoisotopic (exact) mass is 261 g/mol. The van der Waals surface area contributed by atoms with Crippen LogP contribution in [-0.4, -0.2) is 23.0 Å². The third kappa shape index (κ3) is 2.95. The zero-order chi connectivity index (χ0) is 14.0. The first kappa shape index (κ1) is 13.6. The summed E-state index contributed by atoms with van der Waals surface area (Å²) in [6.45, 7) is 3.34. The van der Waals surface area contributed by atoms with Gasteiger partial charge in [-0.05, 0) is 37.8 Å². The number of hydrogen-bond donors (Lipinski definition) is 2. The number of carboxylic acids is 1. The van der Waals surface area contributed by atoms with Crippen LogP contribution < -0.4 is 5.32 Å². The number of fused-ring (bicyclic) bond motifs is 1. The van der Waals surface area contributed by atoms with E-state index >= 15 is 0 Å². The van der Waals surface area contributed by atoms with Crippen molar-refractivity contribution in [2.75, 3.05) is 0 Å². The van der Waals surface area contributed by atoms with Crippen molar-refractivity contribution in [3.05, 3.63) is 35.4 Å². The van der Waals surface area contributed by atoms with Crippen molar-refractivity contribution in [1.29, 1.82) is 0 Å². The van der Waals surface area contributed by atoms with Crippen molar-refractivity contribution < 1.29 is 14.7 Å². The lowest BCUT2D eigenvalue weighted by molar-refractivity contribution is -0.142. The Bertz CT molecular complexity index is 473. The molecular weight excluding hydrogens is 242 g/mol. The van der Waals surface area contributed by atoms with E-state index in [9.17, 15) is 9.59 Å². The molecule has 4 nitrogen and oxygen atoms in total. The molecule has 1 aliphatic rings. The number of hydrogen-bond acceptors (Lipinski definition) is 2. The lowest BCUT2D eigenvalue weighted by Gasteiger charge is -2.20. The van der Waals surface area contributed by atoms with Crippen LogP contribution in [0.3, 0.4) is 0 Å². The van der Waals surface area contributed by atoms with Crippen LogP contribution in [0.5, 0.6) is 0 Å². The smallest absolute Gasteiger partial charge is 0.308 e. The predicted molar refractivity (Wildman–Crippen MR) is 71.7 cm³/mol. The number of rotatable bonds is 4. The normalized spacial score (nSPS) is 17.6. The predicted octanol–water partition coefficient (Wildman–Crippen LogP) is 1.63. The minimum Gasteiger partial charge on any atom is -0.481 e. The van der Waals surface area contributed by atoms with Crippen LogP contribution in [0.15, 0.2) is 24.3 Å². The van der Waals surface area contributed by atoms with Crippen LogP contribution in [0.25, 0.3) is 0 Å². The van der Waals surface area contributed by atoms with Gasteiger partial charge in [0.1, 0.15) is 0 Å². The first-order chi connectivity index (χ1) is 8.99. The standard InChI is InChI=1S/C15H19NO3/c1-9(15(18)19)10(2)16-14(17)13-7-11-5-3-4-6-12(11)8-13/h3-6,9-10,13H,7-8H2,1-2H3,(H,16,17)(H,18,19). The van der Waals surface area contributed by atoms with Gasteiger partial charge in [-0.25, -0.2) is 0 Å². The van der Waals surface area contributed by atoms with E-state index in [1.807, 2.05) is 24.3 Å². The molecule has 0 aromatic heterocycles. The maximum Gasteiger partial charge on any atom is 0.308 e. The fraction of sp³-hybridized carbons (Fsp3) is 0.467. The van der Waals surface area contributed by atoms with E-state index in [0.29, 0.717) is 0 Å². The molecule has 1 aliphatic carbocycles. The molecule has 2 unspecified atom stereocenters. The molecule has 102 valence electrons. The summed E-state index contributed by atoms with van der Waals surface area (Å²) in [6.07, 6.45) is 1.49. The van der Waals surface area contributed by atoms with E-state index in [1.165, 1.54) is 11.1 Å². The van der Waals surface area contributed by atoms with Gasteiger partial charge in [-0.1, -0.05) is 24.3 Å². The second kappa shape index (κ2) is 5.43. The molecule has 1 aromatic carbocycles. The maximum atomic E-state index is 12.1. The fourth-order valence-electron chi connectivity index (χ4n) is 2.43. The Hall–Kier alpha value is -1.84. The molecular formula is C15H19NO3. The minimum atomic E-state index is -0.887. The molecule has 0 saturated carbocycles. The highest BCUT2D eigenvalue weighted by Crippen LogP contribution is 2.26. The summed E-state index contributed by atoms with van der Waals surface area (Å²) in [5, 5.41) is 11.7. The van der Waals surface area contributed by atoms with Gasteiger partial charge >= 0.3 is 5.97 Å². The van der Waals surface area contributed by atoms with Gasteiger partial charge in [-0.3, -0.25) is 9.59 Å². The van der Waals surface area contributed by atoms with E-state index in [0.717, 1.165) is 12.8 Å². The van der Waals surface area contributed by atoms with Gasteiger partial charge < -0.3 is 10.4 Å². The molecule has 0 radical (unpaired) electrons. The molecule has 19 heavy (non-hydrogen) atoms. The second-order valence-corrected chi connectivity index (χ2v) is 5.30. The average Bonchev–Trinajstić information content (AvgIpc) is 2.81. The third-order valence-corrected chi connectivity index (χ3v) is 3.93. The molecule has 0 saturated heterocycles. The Balaban J connectivity index is 1.95. The third-order valence-electron chi connectivity index (χ3n) is 3.93. The number of amides is 1. The molecule has 1 amide bonds. The molecule has 2 atom stereocenters. The quantitative estimate of drug-likeness (QED) is 0.865. The Morgan fingerprint density at radius 3 is 2.21 bits per heavy atom. The van der Waals surface area contributed by atoms with E-state index in [1.54, 1.807) is 13.8 Å². The van der Waals surface area contributed by atoms with Crippen molar-refractivity contribution in [3.63, 3.8) is 0 Å². The molecule has 0 bridgehead atoms. The van der Waals surface area contributed by atoms with Crippen molar-refractivity contribution in [2.45, 2.75) is 32.7 Å². The summed E-state index contributed by atoms with van der Waals surface area (Å²) in [7, 11) is 0. The highest BCUT2D eigenvalue weighted by atomic mass is 16.4. The largest absolute Gasteiger partial charge is 0.481 e. The van der Waals surface area contributed by atoms with Gasteiger partial charge in [-0.15, -0.1) is 0 Å². The lowest BCUT2D eigenvalue weighted by Crippen LogP contribution is -2.43. The Morgan fingerprint density at radius 1 is 1.21 bits per heavy atom. The van der Waals surface area contributed by atoms with E-state index < -0.39 is 11.9 Å². The summed E-state index contributed by atoms with van der Waals surface area (Å²) in [4.78, 5) is 23.0. The van der Waals surface area contributed by atoms with Gasteiger partial charge in [-0.2, -0.15) is 0 Å². The Morgan fingerprint density at radius 2 is 1.74 bits per heavy atom. The molecule has 2 N–H and O–H groups in total. The molecule has 0 spiro atoms. The number of nitrogens with one attached hydrogen (secondary N) is 1. The SMILES string of the molecule is CC(NC(=O)C1Cc2ccccc2C1)C(C)C(=O)O. The fourth-order valence-corrected chi connectivity index (χ4v) is 2.43. The zero-order valence-electron chi connectivity index (χ0n) is 11.2. The van der Waals surface area contributed by atoms with Crippen molar-refractivity contribution in [1.82, 2.24) is 5.32 Å². The first-order valence-electron chi connectivity index (χ1n) is 6.59. The van der Waals surface area contributed by atoms with Gasteiger partial charge in [0, 0.05) is 12.0 Å². The van der Waals surface area contributed by atoms with Crippen LogP contribution >= 0.6 is 0 Å². The van der Waals surface area contributed by atoms with Crippen LogP contribution in [0.2, 0.25) is 0 Å². The molecule has 4 heteroatoms. The topological polar surface area (TPSA) is 66.4 Å². The van der Waals surface area contributed by atoms with Crippen molar-refractivity contribution >= 4 is 11.9 Å². The summed E-state index contributed by atoms with van der Waals surface area (Å²) in [6, 6.07) is 7.70. The highest BCUT2D eigenvalue weighted by molar-refractivity contribution is 5.81. The molecule has 0 heterocycles. The minimum absolute atomic E-state index is 0.0446. The number of carbonyl (C=O) groups is 2. The molecule has 1 aromatic rings. The van der Waals surface area contributed by atoms with Gasteiger partial charge in [0.25, 0.3) is 0 Å². The number of benzene rings is 1. The zero-order valence-corrected chi connectivity index (χ0v) is 11.2. The summed E-state index contributed by atoms with van der Waals surface area (Å²) >= 11 is 0. The van der Waals surface area contributed by atoms with Crippen LogP contribution in [-0.2, 0) is 22.4 Å². The Kier molecular flexibility index (Phi) is 3.88. The van der Waals surface area contributed by atoms with Crippen LogP contribution in [0, 0.1) is 11.8 Å². The highest BCUT2D eigenvalue weighted by Gasteiger charge is 2.29. The van der Waals surface area contributed by atoms with Crippen LogP contribution in [0.1, 0.15) is 25.0 Å². The van der Waals surface area contributed by atoms with Crippen molar-refractivity contribution in [2.24, 2.45) is 11.8 Å². The molecule has 2 rings (SSSR count). The first-order valence-corrected chi connectivity index (χ1v) is 6.59. The summed E-state index contributed by atoms with van der Waals surface area (Å²) < 4.78 is 0. The second-order valence-electron chi connectivity index (χ2n) is 5.30. The average molecular weight is 261 g/mol. The Labute approximate surface area is 112 Å². The van der Waals surface area contributed by atoms with Crippen LogP contribution in [0.4, 0.5) is 0 Å². The number of carbonyl (C=O) groups excluding carboxylic acids is 1. The summed E-state index contributed by atoms with van der Waals surface area (Å²) in [5.74, 6) is -1.58. The molecule has 0 aliphatic heterocycles. The maximum absolute atomic E-state index is 12.1. The number of aliphatic carboxylic acids is 1. The summed E-state index contributed by atoms with van der Waals surface area (Å²) in [5.41, 5.74) is 2.45. The van der Waals surface area contributed by atoms with Crippen molar-refractivity contribution in [3.8, 4) is 0 Å². The van der Waals surface area contributed by atoms with Gasteiger partial charge in [0.05, 0.1) is 5.92 Å². The van der Waals surface area contributed by atoms with E-state index in [2.05, 4.69) is 5.32 Å².